The van der Waals surface area contributed by atoms with Gasteiger partial charge < -0.3 is 20.1 Å². The predicted molar refractivity (Wildman–Crippen MR) is 122 cm³/mol. The molecule has 3 rings (SSSR count). The molecule has 0 fully saturated rings. The van der Waals surface area contributed by atoms with Gasteiger partial charge in [-0.05, 0) is 60.9 Å². The van der Waals surface area contributed by atoms with Crippen LogP contribution in [-0.4, -0.2) is 19.6 Å². The summed E-state index contributed by atoms with van der Waals surface area (Å²) in [5.74, 6) is 0.856. The van der Waals surface area contributed by atoms with Gasteiger partial charge in [0.2, 0.25) is 0 Å². The molecule has 5 nitrogen and oxygen atoms in total. The molecule has 0 saturated carbocycles. The quantitative estimate of drug-likeness (QED) is 0.494. The number of hydrogen-bond donors (Lipinski definition) is 2. The Bertz CT molecular complexity index is 1040. The van der Waals surface area contributed by atoms with Crippen molar-refractivity contribution < 1.29 is 14.3 Å². The van der Waals surface area contributed by atoms with E-state index in [-0.39, 0.29) is 12.5 Å². The maximum absolute atomic E-state index is 12.2. The molecule has 3 aromatic carbocycles. The highest BCUT2D eigenvalue weighted by atomic mass is 35.5. The molecule has 1 amide bonds. The van der Waals surface area contributed by atoms with Crippen molar-refractivity contribution in [1.82, 2.24) is 0 Å². The van der Waals surface area contributed by atoms with Gasteiger partial charge in [-0.15, -0.1) is 0 Å². The van der Waals surface area contributed by atoms with Crippen molar-refractivity contribution in [2.24, 2.45) is 0 Å². The second-order valence-electron chi connectivity index (χ2n) is 6.90. The Kier molecular flexibility index (Phi) is 7.20. The first-order chi connectivity index (χ1) is 14.5. The summed E-state index contributed by atoms with van der Waals surface area (Å²) in [4.78, 5) is 12.2. The Balaban J connectivity index is 1.60. The Morgan fingerprint density at radius 1 is 0.967 bits per heavy atom. The molecule has 0 saturated heterocycles. The molecule has 0 aliphatic heterocycles. The van der Waals surface area contributed by atoms with Gasteiger partial charge in [0, 0.05) is 22.9 Å². The van der Waals surface area contributed by atoms with E-state index in [4.69, 9.17) is 21.1 Å². The normalized spacial score (nSPS) is 10.4. The molecule has 30 heavy (non-hydrogen) atoms. The molecule has 0 spiro atoms. The van der Waals surface area contributed by atoms with E-state index in [1.165, 1.54) is 0 Å². The zero-order valence-corrected chi connectivity index (χ0v) is 18.0. The molecular weight excluding hydrogens is 400 g/mol. The van der Waals surface area contributed by atoms with E-state index in [0.29, 0.717) is 18.0 Å². The fourth-order valence-electron chi connectivity index (χ4n) is 2.98. The van der Waals surface area contributed by atoms with Crippen LogP contribution in [0.1, 0.15) is 16.7 Å². The van der Waals surface area contributed by atoms with Crippen LogP contribution in [0.25, 0.3) is 0 Å². The SMILES string of the molecule is COc1cc(CNc2cccc(Cl)c2C)ccc1OCC(=O)Nc1ccccc1C. The van der Waals surface area contributed by atoms with Gasteiger partial charge in [-0.25, -0.2) is 0 Å². The lowest BCUT2D eigenvalue weighted by Crippen LogP contribution is -2.20. The van der Waals surface area contributed by atoms with Crippen LogP contribution < -0.4 is 20.1 Å². The molecule has 0 aliphatic rings. The molecule has 156 valence electrons. The van der Waals surface area contributed by atoms with E-state index in [0.717, 1.165) is 33.1 Å². The minimum atomic E-state index is -0.228. The molecule has 6 heteroatoms. The summed E-state index contributed by atoms with van der Waals surface area (Å²) in [6.45, 7) is 4.41. The lowest BCUT2D eigenvalue weighted by molar-refractivity contribution is -0.118. The number of amides is 1. The summed E-state index contributed by atoms with van der Waals surface area (Å²) in [6.07, 6.45) is 0. The molecule has 0 heterocycles. The van der Waals surface area contributed by atoms with Crippen molar-refractivity contribution in [3.05, 3.63) is 82.4 Å². The standard InChI is InChI=1S/C24H25ClN2O3/c1-16-7-4-5-9-20(16)27-24(28)15-30-22-12-11-18(13-23(22)29-3)14-26-21-10-6-8-19(25)17(21)2/h4-13,26H,14-15H2,1-3H3,(H,27,28). The van der Waals surface area contributed by atoms with E-state index in [9.17, 15) is 4.79 Å². The molecule has 0 aliphatic carbocycles. The second kappa shape index (κ2) is 10.0. The van der Waals surface area contributed by atoms with Gasteiger partial charge in [-0.1, -0.05) is 41.9 Å². The van der Waals surface area contributed by atoms with E-state index in [1.807, 2.05) is 74.5 Å². The van der Waals surface area contributed by atoms with E-state index in [1.54, 1.807) is 7.11 Å². The first kappa shape index (κ1) is 21.5. The van der Waals surface area contributed by atoms with Crippen LogP contribution in [0.4, 0.5) is 11.4 Å². The Morgan fingerprint density at radius 2 is 1.73 bits per heavy atom. The first-order valence-electron chi connectivity index (χ1n) is 9.62. The van der Waals surface area contributed by atoms with Crippen molar-refractivity contribution >= 4 is 28.9 Å². The highest BCUT2D eigenvalue weighted by molar-refractivity contribution is 6.31. The monoisotopic (exact) mass is 424 g/mol. The van der Waals surface area contributed by atoms with Gasteiger partial charge >= 0.3 is 0 Å². The average Bonchev–Trinajstić information content (AvgIpc) is 2.75. The number of carbonyl (C=O) groups is 1. The van der Waals surface area contributed by atoms with Gasteiger partial charge in [0.05, 0.1) is 7.11 Å². The number of aryl methyl sites for hydroxylation is 1. The van der Waals surface area contributed by atoms with Crippen LogP contribution in [-0.2, 0) is 11.3 Å². The third-order valence-electron chi connectivity index (χ3n) is 4.76. The maximum atomic E-state index is 12.2. The topological polar surface area (TPSA) is 59.6 Å². The summed E-state index contributed by atoms with van der Waals surface area (Å²) in [7, 11) is 1.58. The number of halogens is 1. The average molecular weight is 425 g/mol. The van der Waals surface area contributed by atoms with Gasteiger partial charge in [0.15, 0.2) is 18.1 Å². The molecule has 0 unspecified atom stereocenters. The summed E-state index contributed by atoms with van der Waals surface area (Å²) in [6, 6.07) is 19.0. The molecular formula is C24H25ClN2O3. The number of hydrogen-bond acceptors (Lipinski definition) is 4. The molecule has 0 bridgehead atoms. The fourth-order valence-corrected chi connectivity index (χ4v) is 3.15. The fraction of sp³-hybridized carbons (Fsp3) is 0.208. The van der Waals surface area contributed by atoms with E-state index < -0.39 is 0 Å². The molecule has 0 aromatic heterocycles. The smallest absolute Gasteiger partial charge is 0.262 e. The van der Waals surface area contributed by atoms with Gasteiger partial charge in [0.25, 0.3) is 5.91 Å². The summed E-state index contributed by atoms with van der Waals surface area (Å²) in [5, 5.41) is 6.96. The summed E-state index contributed by atoms with van der Waals surface area (Å²) >= 11 is 6.17. The predicted octanol–water partition coefficient (Wildman–Crippen LogP) is 5.60. The van der Waals surface area contributed by atoms with Gasteiger partial charge in [-0.2, -0.15) is 0 Å². The number of methoxy groups -OCH3 is 1. The Labute approximate surface area is 182 Å². The van der Waals surface area contributed by atoms with Gasteiger partial charge in [0.1, 0.15) is 0 Å². The number of benzene rings is 3. The highest BCUT2D eigenvalue weighted by Crippen LogP contribution is 2.29. The first-order valence-corrected chi connectivity index (χ1v) is 10.00. The zero-order valence-electron chi connectivity index (χ0n) is 17.3. The van der Waals surface area contributed by atoms with Gasteiger partial charge in [-0.3, -0.25) is 4.79 Å². The summed E-state index contributed by atoms with van der Waals surface area (Å²) < 4.78 is 11.1. The van der Waals surface area contributed by atoms with Crippen molar-refractivity contribution in [3.8, 4) is 11.5 Å². The lowest BCUT2D eigenvalue weighted by Gasteiger charge is -2.14. The van der Waals surface area contributed by atoms with Crippen LogP contribution in [0.3, 0.4) is 0 Å². The number of anilines is 2. The number of carbonyl (C=O) groups excluding carboxylic acids is 1. The zero-order chi connectivity index (χ0) is 21.5. The second-order valence-corrected chi connectivity index (χ2v) is 7.31. The molecule has 0 atom stereocenters. The number of rotatable bonds is 8. The lowest BCUT2D eigenvalue weighted by atomic mass is 10.1. The third kappa shape index (κ3) is 5.45. The number of para-hydroxylation sites is 1. The minimum Gasteiger partial charge on any atom is -0.493 e. The van der Waals surface area contributed by atoms with Crippen molar-refractivity contribution in [2.75, 3.05) is 24.4 Å². The highest BCUT2D eigenvalue weighted by Gasteiger charge is 2.10. The van der Waals surface area contributed by atoms with E-state index >= 15 is 0 Å². The van der Waals surface area contributed by atoms with Crippen LogP contribution in [0, 0.1) is 13.8 Å². The molecule has 0 radical (unpaired) electrons. The maximum Gasteiger partial charge on any atom is 0.262 e. The Morgan fingerprint density at radius 3 is 2.50 bits per heavy atom. The number of nitrogens with one attached hydrogen (secondary N) is 2. The van der Waals surface area contributed by atoms with Crippen molar-refractivity contribution in [1.29, 1.82) is 0 Å². The number of ether oxygens (including phenoxy) is 2. The molecule has 3 aromatic rings. The molecule has 2 N–H and O–H groups in total. The van der Waals surface area contributed by atoms with Crippen LogP contribution in [0.5, 0.6) is 11.5 Å². The third-order valence-corrected chi connectivity index (χ3v) is 5.17. The van der Waals surface area contributed by atoms with Crippen LogP contribution in [0.15, 0.2) is 60.7 Å². The van der Waals surface area contributed by atoms with Crippen LogP contribution >= 0.6 is 11.6 Å². The Hall–Kier alpha value is -3.18. The summed E-state index contributed by atoms with van der Waals surface area (Å²) in [5.41, 5.74) is 4.77. The van der Waals surface area contributed by atoms with Crippen molar-refractivity contribution in [3.63, 3.8) is 0 Å². The van der Waals surface area contributed by atoms with E-state index in [2.05, 4.69) is 10.6 Å². The largest absolute Gasteiger partial charge is 0.493 e. The van der Waals surface area contributed by atoms with Crippen molar-refractivity contribution in [2.45, 2.75) is 20.4 Å². The minimum absolute atomic E-state index is 0.107. The van der Waals surface area contributed by atoms with Crippen LogP contribution in [0.2, 0.25) is 5.02 Å².